The van der Waals surface area contributed by atoms with E-state index in [0.717, 1.165) is 59.1 Å². The molecule has 3 aliphatic heterocycles. The molecule has 6 heterocycles. The lowest BCUT2D eigenvalue weighted by Gasteiger charge is -2.34. The average molecular weight is 509 g/mol. The Labute approximate surface area is 213 Å². The Morgan fingerprint density at radius 2 is 2.22 bits per heavy atom. The predicted octanol–water partition coefficient (Wildman–Crippen LogP) is 2.04. The van der Waals surface area contributed by atoms with Crippen LogP contribution in [0.5, 0.6) is 11.6 Å². The second kappa shape index (κ2) is 10.2. The van der Waals surface area contributed by atoms with Gasteiger partial charge in [-0.1, -0.05) is 0 Å². The number of nitrogens with one attached hydrogen (secondary N) is 2. The van der Waals surface area contributed by atoms with Crippen LogP contribution in [0.1, 0.15) is 17.2 Å². The number of nitrogens with zero attached hydrogens (tertiary/aromatic N) is 4. The minimum Gasteiger partial charge on any atom is -0.491 e. The normalized spacial score (nSPS) is 21.5. The number of hydrogen-bond donors (Lipinski definition) is 2. The quantitative estimate of drug-likeness (QED) is 0.492. The Morgan fingerprint density at radius 3 is 3.14 bits per heavy atom. The van der Waals surface area contributed by atoms with Crippen LogP contribution in [-0.2, 0) is 16.1 Å². The third-order valence-corrected chi connectivity index (χ3v) is 7.71. The molecule has 1 amide bonds. The third kappa shape index (κ3) is 4.83. The Hall–Kier alpha value is -2.99. The van der Waals surface area contributed by atoms with Gasteiger partial charge in [0.25, 0.3) is 0 Å². The van der Waals surface area contributed by atoms with Crippen LogP contribution >= 0.6 is 11.8 Å². The summed E-state index contributed by atoms with van der Waals surface area (Å²) in [5.74, 6) is 2.70. The van der Waals surface area contributed by atoms with Crippen molar-refractivity contribution >= 4 is 34.5 Å². The van der Waals surface area contributed by atoms with Gasteiger partial charge in [0, 0.05) is 50.3 Å². The van der Waals surface area contributed by atoms with Crippen molar-refractivity contribution in [2.24, 2.45) is 0 Å². The van der Waals surface area contributed by atoms with Gasteiger partial charge < -0.3 is 24.8 Å². The van der Waals surface area contributed by atoms with Gasteiger partial charge in [-0.25, -0.2) is 9.97 Å². The molecule has 0 spiro atoms. The number of methoxy groups -OCH3 is 1. The molecule has 2 N–H and O–H groups in total. The van der Waals surface area contributed by atoms with Crippen molar-refractivity contribution in [3.05, 3.63) is 41.7 Å². The molecule has 3 aliphatic rings. The number of morpholine rings is 1. The molecule has 2 atom stereocenters. The molecular weight excluding hydrogens is 480 g/mol. The van der Waals surface area contributed by atoms with Gasteiger partial charge in [0.05, 0.1) is 54.5 Å². The summed E-state index contributed by atoms with van der Waals surface area (Å²) in [6.45, 7) is 5.23. The standard InChI is InChI=1S/C25H28N6O4S/c1-33-22-5-3-18-24(30-22)23-15(13-35-19(23)10-27-18)11-31-6-7-34-17(12-31)9-26-8-16-2-4-20-25(28-16)29-21(32)14-36-20/h2-5,10,15,17,26H,6-9,11-14H2,1H3,(H,28,29,32)/t15?,17-/m0/s1. The topological polar surface area (TPSA) is 111 Å². The highest BCUT2D eigenvalue weighted by atomic mass is 32.2. The van der Waals surface area contributed by atoms with E-state index in [1.54, 1.807) is 13.3 Å². The number of amides is 1. The number of thioether (sulfide) groups is 1. The van der Waals surface area contributed by atoms with Gasteiger partial charge in [0.15, 0.2) is 0 Å². The van der Waals surface area contributed by atoms with Crippen LogP contribution in [0.4, 0.5) is 5.82 Å². The molecule has 10 nitrogen and oxygen atoms in total. The molecule has 188 valence electrons. The summed E-state index contributed by atoms with van der Waals surface area (Å²) in [6.07, 6.45) is 1.89. The van der Waals surface area contributed by atoms with Gasteiger partial charge in [-0.2, -0.15) is 0 Å². The second-order valence-corrected chi connectivity index (χ2v) is 10.2. The summed E-state index contributed by atoms with van der Waals surface area (Å²) in [5, 5.41) is 6.31. The summed E-state index contributed by atoms with van der Waals surface area (Å²) in [5.41, 5.74) is 3.71. The summed E-state index contributed by atoms with van der Waals surface area (Å²) in [6, 6.07) is 7.80. The second-order valence-electron chi connectivity index (χ2n) is 9.13. The summed E-state index contributed by atoms with van der Waals surface area (Å²) in [7, 11) is 1.62. The highest BCUT2D eigenvalue weighted by Crippen LogP contribution is 2.38. The maximum atomic E-state index is 11.6. The zero-order valence-electron chi connectivity index (χ0n) is 20.0. The molecule has 0 bridgehead atoms. The van der Waals surface area contributed by atoms with Crippen LogP contribution < -0.4 is 20.1 Å². The zero-order valence-corrected chi connectivity index (χ0v) is 20.8. The SMILES string of the molecule is COc1ccc2ncc3c(c2n1)C(CN1CCO[C@@H](CNCc2ccc4c(n2)NC(=O)CS4)C1)CO3. The predicted molar refractivity (Wildman–Crippen MR) is 136 cm³/mol. The van der Waals surface area contributed by atoms with Crippen molar-refractivity contribution < 1.29 is 19.0 Å². The van der Waals surface area contributed by atoms with E-state index in [2.05, 4.69) is 30.5 Å². The minimum absolute atomic E-state index is 0.00438. The van der Waals surface area contributed by atoms with E-state index in [-0.39, 0.29) is 17.9 Å². The number of aromatic nitrogens is 3. The van der Waals surface area contributed by atoms with E-state index in [9.17, 15) is 4.79 Å². The third-order valence-electron chi connectivity index (χ3n) is 6.66. The van der Waals surface area contributed by atoms with E-state index in [0.29, 0.717) is 37.2 Å². The van der Waals surface area contributed by atoms with Crippen molar-refractivity contribution in [2.45, 2.75) is 23.5 Å². The summed E-state index contributed by atoms with van der Waals surface area (Å²) in [4.78, 5) is 28.9. The minimum atomic E-state index is -0.00438. The molecule has 1 fully saturated rings. The molecular formula is C25H28N6O4S. The number of fused-ring (bicyclic) bond motifs is 4. The number of pyridine rings is 3. The molecule has 1 unspecified atom stereocenters. The molecule has 36 heavy (non-hydrogen) atoms. The maximum Gasteiger partial charge on any atom is 0.235 e. The highest BCUT2D eigenvalue weighted by molar-refractivity contribution is 8.00. The van der Waals surface area contributed by atoms with Gasteiger partial charge >= 0.3 is 0 Å². The zero-order chi connectivity index (χ0) is 24.5. The molecule has 1 saturated heterocycles. The lowest BCUT2D eigenvalue weighted by atomic mass is 9.99. The van der Waals surface area contributed by atoms with E-state index in [1.165, 1.54) is 11.8 Å². The number of hydrogen-bond acceptors (Lipinski definition) is 10. The molecule has 0 radical (unpaired) electrons. The number of anilines is 1. The van der Waals surface area contributed by atoms with E-state index >= 15 is 0 Å². The fourth-order valence-electron chi connectivity index (χ4n) is 4.94. The number of carbonyl (C=O) groups is 1. The molecule has 0 aromatic carbocycles. The Morgan fingerprint density at radius 1 is 1.28 bits per heavy atom. The van der Waals surface area contributed by atoms with Crippen molar-refractivity contribution in [2.75, 3.05) is 57.6 Å². The molecule has 0 saturated carbocycles. The van der Waals surface area contributed by atoms with Crippen LogP contribution in [0.25, 0.3) is 11.0 Å². The summed E-state index contributed by atoms with van der Waals surface area (Å²) >= 11 is 1.52. The monoisotopic (exact) mass is 508 g/mol. The molecule has 0 aliphatic carbocycles. The van der Waals surface area contributed by atoms with Gasteiger partial charge in [0.2, 0.25) is 11.8 Å². The van der Waals surface area contributed by atoms with Crippen LogP contribution in [0, 0.1) is 0 Å². The van der Waals surface area contributed by atoms with Crippen molar-refractivity contribution in [3.63, 3.8) is 0 Å². The first-order valence-electron chi connectivity index (χ1n) is 12.1. The molecule has 3 aromatic heterocycles. The highest BCUT2D eigenvalue weighted by Gasteiger charge is 2.31. The van der Waals surface area contributed by atoms with E-state index in [4.69, 9.17) is 14.2 Å². The van der Waals surface area contributed by atoms with Crippen molar-refractivity contribution in [1.82, 2.24) is 25.2 Å². The fraction of sp³-hybridized carbons (Fsp3) is 0.440. The van der Waals surface area contributed by atoms with Gasteiger partial charge in [-0.15, -0.1) is 11.8 Å². The van der Waals surface area contributed by atoms with E-state index in [1.807, 2.05) is 24.3 Å². The first kappa shape index (κ1) is 23.4. The van der Waals surface area contributed by atoms with Crippen LogP contribution in [-0.4, -0.2) is 84.1 Å². The van der Waals surface area contributed by atoms with Gasteiger partial charge in [-0.05, 0) is 18.2 Å². The summed E-state index contributed by atoms with van der Waals surface area (Å²) < 4.78 is 17.3. The van der Waals surface area contributed by atoms with Crippen molar-refractivity contribution in [3.8, 4) is 11.6 Å². The maximum absolute atomic E-state index is 11.6. The van der Waals surface area contributed by atoms with Crippen LogP contribution in [0.3, 0.4) is 0 Å². The van der Waals surface area contributed by atoms with E-state index < -0.39 is 0 Å². The molecule has 3 aromatic rings. The Balaban J connectivity index is 1.06. The molecule has 6 rings (SSSR count). The average Bonchev–Trinajstić information content (AvgIpc) is 3.31. The number of rotatable bonds is 7. The Kier molecular flexibility index (Phi) is 6.61. The van der Waals surface area contributed by atoms with Gasteiger partial charge in [-0.3, -0.25) is 14.7 Å². The van der Waals surface area contributed by atoms with Crippen molar-refractivity contribution in [1.29, 1.82) is 0 Å². The van der Waals surface area contributed by atoms with Crippen LogP contribution in [0.2, 0.25) is 0 Å². The number of ether oxygens (including phenoxy) is 3. The lowest BCUT2D eigenvalue weighted by molar-refractivity contribution is -0.113. The molecule has 11 heteroatoms. The fourth-order valence-corrected chi connectivity index (χ4v) is 5.69. The lowest BCUT2D eigenvalue weighted by Crippen LogP contribution is -2.47. The first-order chi connectivity index (χ1) is 17.7. The van der Waals surface area contributed by atoms with Gasteiger partial charge in [0.1, 0.15) is 17.1 Å². The smallest absolute Gasteiger partial charge is 0.235 e. The number of carbonyl (C=O) groups excluding carboxylic acids is 1. The van der Waals surface area contributed by atoms with Crippen LogP contribution in [0.15, 0.2) is 35.4 Å². The largest absolute Gasteiger partial charge is 0.491 e. The first-order valence-corrected chi connectivity index (χ1v) is 13.1. The Bertz CT molecular complexity index is 1290.